The monoisotopic (exact) mass is 331 g/mol. The maximum absolute atomic E-state index is 12.6. The van der Waals surface area contributed by atoms with Gasteiger partial charge in [0.2, 0.25) is 5.91 Å². The van der Waals surface area contributed by atoms with Gasteiger partial charge in [0, 0.05) is 31.4 Å². The van der Waals surface area contributed by atoms with E-state index in [1.54, 1.807) is 6.20 Å². The van der Waals surface area contributed by atoms with Crippen LogP contribution in [0.4, 0.5) is 0 Å². The lowest BCUT2D eigenvalue weighted by Crippen LogP contribution is -2.33. The lowest BCUT2D eigenvalue weighted by Gasteiger charge is -2.26. The quantitative estimate of drug-likeness (QED) is 0.935. The summed E-state index contributed by atoms with van der Waals surface area (Å²) in [5, 5.41) is 0. The van der Waals surface area contributed by atoms with E-state index in [4.69, 9.17) is 5.73 Å². The Morgan fingerprint density at radius 3 is 2.74 bits per heavy atom. The van der Waals surface area contributed by atoms with Crippen molar-refractivity contribution >= 4 is 18.3 Å². The molecule has 0 saturated carbocycles. The third kappa shape index (κ3) is 4.09. The Balaban J connectivity index is 0.00000192. The summed E-state index contributed by atoms with van der Waals surface area (Å²) in [4.78, 5) is 18.8. The molecule has 0 bridgehead atoms. The molecular weight excluding hydrogens is 310 g/mol. The number of nitrogens with two attached hydrogens (primary N) is 1. The highest BCUT2D eigenvalue weighted by Gasteiger charge is 2.30. The van der Waals surface area contributed by atoms with Gasteiger partial charge in [0.25, 0.3) is 0 Å². The number of hydrogen-bond acceptors (Lipinski definition) is 3. The molecule has 0 radical (unpaired) electrons. The number of rotatable bonds is 4. The summed E-state index contributed by atoms with van der Waals surface area (Å²) in [5.74, 6) is 0.128. The number of nitrogens with zero attached hydrogens (tertiary/aromatic N) is 2. The van der Waals surface area contributed by atoms with Crippen LogP contribution in [0.5, 0.6) is 0 Å². The van der Waals surface area contributed by atoms with Crippen molar-refractivity contribution in [2.45, 2.75) is 31.3 Å². The summed E-state index contributed by atoms with van der Waals surface area (Å²) in [5.41, 5.74) is 8.31. The van der Waals surface area contributed by atoms with Crippen LogP contribution in [-0.2, 0) is 4.79 Å². The molecule has 1 aromatic heterocycles. The fourth-order valence-electron chi connectivity index (χ4n) is 3.11. The van der Waals surface area contributed by atoms with Crippen LogP contribution in [0, 0.1) is 0 Å². The number of aromatic nitrogens is 1. The first kappa shape index (κ1) is 17.4. The summed E-state index contributed by atoms with van der Waals surface area (Å²) < 4.78 is 0. The molecule has 1 amide bonds. The molecule has 1 aromatic carbocycles. The first-order valence-corrected chi connectivity index (χ1v) is 7.75. The van der Waals surface area contributed by atoms with Crippen molar-refractivity contribution in [3.8, 4) is 0 Å². The predicted molar refractivity (Wildman–Crippen MR) is 93.2 cm³/mol. The van der Waals surface area contributed by atoms with E-state index in [0.717, 1.165) is 30.5 Å². The molecule has 3 rings (SSSR count). The zero-order valence-corrected chi connectivity index (χ0v) is 13.8. The first-order chi connectivity index (χ1) is 10.8. The molecule has 1 fully saturated rings. The van der Waals surface area contributed by atoms with Crippen LogP contribution < -0.4 is 5.73 Å². The number of hydrogen-bond donors (Lipinski definition) is 1. The minimum absolute atomic E-state index is 0. The molecule has 1 saturated heterocycles. The van der Waals surface area contributed by atoms with Crippen molar-refractivity contribution in [1.29, 1.82) is 0 Å². The van der Waals surface area contributed by atoms with Crippen LogP contribution in [0.1, 0.15) is 42.5 Å². The Labute approximate surface area is 143 Å². The van der Waals surface area contributed by atoms with Gasteiger partial charge in [-0.3, -0.25) is 9.78 Å². The molecule has 122 valence electrons. The zero-order chi connectivity index (χ0) is 15.4. The second kappa shape index (κ2) is 8.09. The fraction of sp³-hybridized carbons (Fsp3) is 0.333. The summed E-state index contributed by atoms with van der Waals surface area (Å²) in [7, 11) is 0. The van der Waals surface area contributed by atoms with E-state index >= 15 is 0 Å². The van der Waals surface area contributed by atoms with Crippen molar-refractivity contribution in [2.75, 3.05) is 6.54 Å². The second-order valence-corrected chi connectivity index (χ2v) is 5.75. The van der Waals surface area contributed by atoms with E-state index in [0.29, 0.717) is 6.42 Å². The highest BCUT2D eigenvalue weighted by atomic mass is 35.5. The number of halogens is 1. The molecule has 2 unspecified atom stereocenters. The number of carbonyl (C=O) groups is 1. The van der Waals surface area contributed by atoms with E-state index in [9.17, 15) is 4.79 Å². The highest BCUT2D eigenvalue weighted by Crippen LogP contribution is 2.32. The number of benzene rings is 1. The van der Waals surface area contributed by atoms with Gasteiger partial charge in [-0.2, -0.15) is 0 Å². The Bertz CT molecular complexity index is 621. The van der Waals surface area contributed by atoms with Gasteiger partial charge in [-0.15, -0.1) is 12.4 Å². The Morgan fingerprint density at radius 2 is 2.04 bits per heavy atom. The van der Waals surface area contributed by atoms with Crippen molar-refractivity contribution in [3.05, 3.63) is 66.0 Å². The molecule has 0 spiro atoms. The molecule has 23 heavy (non-hydrogen) atoms. The van der Waals surface area contributed by atoms with Crippen LogP contribution in [-0.4, -0.2) is 22.3 Å². The van der Waals surface area contributed by atoms with E-state index in [1.807, 2.05) is 53.6 Å². The molecule has 1 aliphatic rings. The lowest BCUT2D eigenvalue weighted by atomic mass is 10.0. The van der Waals surface area contributed by atoms with Crippen LogP contribution in [0.25, 0.3) is 0 Å². The summed E-state index contributed by atoms with van der Waals surface area (Å²) in [6.45, 7) is 0.805. The van der Waals surface area contributed by atoms with Crippen LogP contribution in [0.15, 0.2) is 54.9 Å². The molecule has 2 N–H and O–H groups in total. The molecular formula is C18H22ClN3O. The van der Waals surface area contributed by atoms with E-state index in [1.165, 1.54) is 0 Å². The molecule has 5 heteroatoms. The average Bonchev–Trinajstić information content (AvgIpc) is 3.06. The standard InChI is InChI=1S/C18H21N3O.ClH/c19-16(14-6-2-1-3-7-14)12-18(22)21-11-5-9-17(21)15-8-4-10-20-13-15;/h1-4,6-8,10,13,16-17H,5,9,11-12,19H2;1H. The smallest absolute Gasteiger partial charge is 0.224 e. The third-order valence-corrected chi connectivity index (χ3v) is 4.26. The van der Waals surface area contributed by atoms with E-state index < -0.39 is 0 Å². The number of likely N-dealkylation sites (tertiary alicyclic amines) is 1. The van der Waals surface area contributed by atoms with Gasteiger partial charge >= 0.3 is 0 Å². The Kier molecular flexibility index (Phi) is 6.13. The highest BCUT2D eigenvalue weighted by molar-refractivity contribution is 5.85. The van der Waals surface area contributed by atoms with Gasteiger partial charge in [0.15, 0.2) is 0 Å². The van der Waals surface area contributed by atoms with Gasteiger partial charge in [0.05, 0.1) is 6.04 Å². The number of carbonyl (C=O) groups excluding carboxylic acids is 1. The Morgan fingerprint density at radius 1 is 1.26 bits per heavy atom. The van der Waals surface area contributed by atoms with Crippen LogP contribution in [0.2, 0.25) is 0 Å². The van der Waals surface area contributed by atoms with Gasteiger partial charge in [0.1, 0.15) is 0 Å². The van der Waals surface area contributed by atoms with Gasteiger partial charge in [-0.05, 0) is 30.0 Å². The van der Waals surface area contributed by atoms with Crippen LogP contribution >= 0.6 is 12.4 Å². The number of pyridine rings is 1. The van der Waals surface area contributed by atoms with Gasteiger partial charge in [-0.25, -0.2) is 0 Å². The van der Waals surface area contributed by atoms with E-state index in [-0.39, 0.29) is 30.4 Å². The Hall–Kier alpha value is -1.91. The molecule has 2 heterocycles. The minimum atomic E-state index is -0.246. The third-order valence-electron chi connectivity index (χ3n) is 4.26. The first-order valence-electron chi connectivity index (χ1n) is 7.75. The van der Waals surface area contributed by atoms with Crippen molar-refractivity contribution < 1.29 is 4.79 Å². The normalized spacial score (nSPS) is 18.3. The SMILES string of the molecule is Cl.NC(CC(=O)N1CCCC1c1cccnc1)c1ccccc1. The van der Waals surface area contributed by atoms with Crippen LogP contribution in [0.3, 0.4) is 0 Å². The molecule has 4 nitrogen and oxygen atoms in total. The second-order valence-electron chi connectivity index (χ2n) is 5.75. The van der Waals surface area contributed by atoms with Crippen molar-refractivity contribution in [2.24, 2.45) is 5.73 Å². The topological polar surface area (TPSA) is 59.2 Å². The molecule has 0 aliphatic carbocycles. The maximum Gasteiger partial charge on any atom is 0.224 e. The van der Waals surface area contributed by atoms with Gasteiger partial charge in [-0.1, -0.05) is 36.4 Å². The van der Waals surface area contributed by atoms with Crippen molar-refractivity contribution in [3.63, 3.8) is 0 Å². The summed E-state index contributed by atoms with van der Waals surface area (Å²) in [6.07, 6.45) is 5.99. The predicted octanol–water partition coefficient (Wildman–Crippen LogP) is 3.26. The molecule has 2 atom stereocenters. The molecule has 2 aromatic rings. The fourth-order valence-corrected chi connectivity index (χ4v) is 3.11. The number of amides is 1. The molecule has 1 aliphatic heterocycles. The largest absolute Gasteiger partial charge is 0.336 e. The van der Waals surface area contributed by atoms with Crippen molar-refractivity contribution in [1.82, 2.24) is 9.88 Å². The summed E-state index contributed by atoms with van der Waals surface area (Å²) >= 11 is 0. The zero-order valence-electron chi connectivity index (χ0n) is 13.0. The summed E-state index contributed by atoms with van der Waals surface area (Å²) in [6, 6.07) is 13.7. The average molecular weight is 332 g/mol. The maximum atomic E-state index is 12.6. The minimum Gasteiger partial charge on any atom is -0.336 e. The van der Waals surface area contributed by atoms with Gasteiger partial charge < -0.3 is 10.6 Å². The lowest BCUT2D eigenvalue weighted by molar-refractivity contribution is -0.132. The van der Waals surface area contributed by atoms with E-state index in [2.05, 4.69) is 4.98 Å².